The predicted molar refractivity (Wildman–Crippen MR) is 166 cm³/mol. The minimum atomic E-state index is -3.98. The number of hydrogen-bond donors (Lipinski definition) is 1. The Balaban J connectivity index is 1.66. The normalized spacial score (nSPS) is 12.4. The minimum Gasteiger partial charge on any atom is -0.352 e. The molecule has 4 aromatic rings. The third kappa shape index (κ3) is 7.81. The van der Waals surface area contributed by atoms with E-state index in [2.05, 4.69) is 21.2 Å². The summed E-state index contributed by atoms with van der Waals surface area (Å²) >= 11 is 3.44. The molecule has 0 bridgehead atoms. The molecule has 9 heteroatoms. The number of carbonyl (C=O) groups excluding carboxylic acids is 2. The van der Waals surface area contributed by atoms with E-state index in [0.717, 1.165) is 30.7 Å². The zero-order chi connectivity index (χ0) is 29.6. The molecule has 0 radical (unpaired) electrons. The van der Waals surface area contributed by atoms with Crippen LogP contribution in [-0.4, -0.2) is 55.1 Å². The van der Waals surface area contributed by atoms with Gasteiger partial charge in [-0.3, -0.25) is 9.59 Å². The lowest BCUT2D eigenvalue weighted by Gasteiger charge is -2.33. The zero-order valence-corrected chi connectivity index (χ0v) is 25.7. The highest BCUT2D eigenvalue weighted by Crippen LogP contribution is 2.22. The molecule has 0 fully saturated rings. The highest BCUT2D eigenvalue weighted by molar-refractivity contribution is 9.10. The fourth-order valence-electron chi connectivity index (χ4n) is 4.60. The summed E-state index contributed by atoms with van der Waals surface area (Å²) < 4.78 is 29.0. The maximum atomic E-state index is 14.0. The van der Waals surface area contributed by atoms with Crippen molar-refractivity contribution in [1.82, 2.24) is 14.5 Å². The summed E-state index contributed by atoms with van der Waals surface area (Å²) in [6.45, 7) is 3.44. The first kappa shape index (κ1) is 30.4. The molecule has 1 unspecified atom stereocenters. The van der Waals surface area contributed by atoms with Crippen LogP contribution in [0, 0.1) is 0 Å². The van der Waals surface area contributed by atoms with Crippen molar-refractivity contribution >= 4 is 48.5 Å². The molecule has 0 heterocycles. The SMILES string of the molecule is CC(C)NC(=O)C(Cc1ccccc1)N(Cc1ccc(Br)cc1)C(=O)CN(C)S(=O)(=O)c1ccc2ccccc2c1. The van der Waals surface area contributed by atoms with Crippen molar-refractivity contribution in [2.24, 2.45) is 0 Å². The number of fused-ring (bicyclic) bond motifs is 1. The van der Waals surface area contributed by atoms with Gasteiger partial charge < -0.3 is 10.2 Å². The number of nitrogens with zero attached hydrogens (tertiary/aromatic N) is 2. The molecule has 0 aliphatic rings. The monoisotopic (exact) mass is 635 g/mol. The van der Waals surface area contributed by atoms with Crippen LogP contribution in [0.3, 0.4) is 0 Å². The largest absolute Gasteiger partial charge is 0.352 e. The second-order valence-electron chi connectivity index (χ2n) is 10.3. The molecular weight excluding hydrogens is 602 g/mol. The van der Waals surface area contributed by atoms with Crippen LogP contribution in [0.5, 0.6) is 0 Å². The molecule has 41 heavy (non-hydrogen) atoms. The average molecular weight is 637 g/mol. The summed E-state index contributed by atoms with van der Waals surface area (Å²) in [6, 6.07) is 28.4. The lowest BCUT2D eigenvalue weighted by Crippen LogP contribution is -2.53. The Morgan fingerprint density at radius 1 is 0.829 bits per heavy atom. The molecule has 0 aliphatic heterocycles. The Bertz CT molecular complexity index is 1610. The topological polar surface area (TPSA) is 86.8 Å². The Morgan fingerprint density at radius 2 is 1.46 bits per heavy atom. The van der Waals surface area contributed by atoms with Gasteiger partial charge in [-0.15, -0.1) is 0 Å². The van der Waals surface area contributed by atoms with Crippen molar-refractivity contribution in [2.75, 3.05) is 13.6 Å². The first-order valence-corrected chi connectivity index (χ1v) is 15.6. The maximum Gasteiger partial charge on any atom is 0.243 e. The Labute approximate surface area is 250 Å². The van der Waals surface area contributed by atoms with E-state index in [9.17, 15) is 18.0 Å². The van der Waals surface area contributed by atoms with Crippen molar-refractivity contribution in [3.63, 3.8) is 0 Å². The molecule has 2 amide bonds. The van der Waals surface area contributed by atoms with E-state index in [1.54, 1.807) is 18.2 Å². The smallest absolute Gasteiger partial charge is 0.243 e. The number of amides is 2. The lowest BCUT2D eigenvalue weighted by molar-refractivity contribution is -0.141. The molecule has 0 saturated carbocycles. The Kier molecular flexibility index (Phi) is 9.96. The predicted octanol–water partition coefficient (Wildman–Crippen LogP) is 5.39. The maximum absolute atomic E-state index is 14.0. The quantitative estimate of drug-likeness (QED) is 0.239. The molecule has 1 atom stereocenters. The van der Waals surface area contributed by atoms with Crippen molar-refractivity contribution in [3.8, 4) is 0 Å². The molecule has 7 nitrogen and oxygen atoms in total. The molecule has 4 rings (SSSR count). The summed E-state index contributed by atoms with van der Waals surface area (Å²) in [7, 11) is -2.59. The van der Waals surface area contributed by atoms with Gasteiger partial charge in [0.25, 0.3) is 0 Å². The van der Waals surface area contributed by atoms with Gasteiger partial charge >= 0.3 is 0 Å². The van der Waals surface area contributed by atoms with Crippen LogP contribution in [0.25, 0.3) is 10.8 Å². The summed E-state index contributed by atoms with van der Waals surface area (Å²) in [5.41, 5.74) is 1.71. The summed E-state index contributed by atoms with van der Waals surface area (Å²) in [5.74, 6) is -0.769. The van der Waals surface area contributed by atoms with Gasteiger partial charge in [0.2, 0.25) is 21.8 Å². The van der Waals surface area contributed by atoms with Gasteiger partial charge in [0, 0.05) is 30.5 Å². The number of rotatable bonds is 11. The van der Waals surface area contributed by atoms with Crippen LogP contribution < -0.4 is 5.32 Å². The van der Waals surface area contributed by atoms with E-state index >= 15 is 0 Å². The van der Waals surface area contributed by atoms with E-state index in [1.807, 2.05) is 92.7 Å². The molecule has 214 valence electrons. The molecule has 0 aromatic heterocycles. The molecule has 1 N–H and O–H groups in total. The second-order valence-corrected chi connectivity index (χ2v) is 13.2. The van der Waals surface area contributed by atoms with E-state index in [0.29, 0.717) is 0 Å². The highest BCUT2D eigenvalue weighted by Gasteiger charge is 2.33. The fraction of sp³-hybridized carbons (Fsp3) is 0.250. The molecular formula is C32H34BrN3O4S. The number of benzene rings is 4. The summed E-state index contributed by atoms with van der Waals surface area (Å²) in [5, 5.41) is 4.66. The standard InChI is InChI=1S/C32H34BrN3O4S/c1-23(2)34-32(38)30(19-24-9-5-4-6-10-24)36(21-25-13-16-28(33)17-14-25)31(37)22-35(3)41(39,40)29-18-15-26-11-7-8-12-27(26)20-29/h4-18,20,23,30H,19,21-22H2,1-3H3,(H,34,38). The van der Waals surface area contributed by atoms with Crippen molar-refractivity contribution in [2.45, 2.75) is 43.8 Å². The number of sulfonamides is 1. The first-order chi connectivity index (χ1) is 19.5. The van der Waals surface area contributed by atoms with Crippen molar-refractivity contribution in [1.29, 1.82) is 0 Å². The van der Waals surface area contributed by atoms with Crippen molar-refractivity contribution < 1.29 is 18.0 Å². The van der Waals surface area contributed by atoms with Crippen LogP contribution >= 0.6 is 15.9 Å². The van der Waals surface area contributed by atoms with Gasteiger partial charge in [0.15, 0.2) is 0 Å². The van der Waals surface area contributed by atoms with Crippen LogP contribution in [0.4, 0.5) is 0 Å². The van der Waals surface area contributed by atoms with E-state index in [1.165, 1.54) is 11.9 Å². The lowest BCUT2D eigenvalue weighted by atomic mass is 10.0. The molecule has 0 aliphatic carbocycles. The third-order valence-corrected chi connectivity index (χ3v) is 9.08. The Morgan fingerprint density at radius 3 is 2.12 bits per heavy atom. The van der Waals surface area contributed by atoms with Gasteiger partial charge in [-0.25, -0.2) is 8.42 Å². The number of nitrogens with one attached hydrogen (secondary N) is 1. The summed E-state index contributed by atoms with van der Waals surface area (Å²) in [6.07, 6.45) is 0.281. The van der Waals surface area contributed by atoms with Gasteiger partial charge in [0.1, 0.15) is 6.04 Å². The zero-order valence-electron chi connectivity index (χ0n) is 23.3. The van der Waals surface area contributed by atoms with Crippen LogP contribution in [0.15, 0.2) is 106 Å². The number of halogens is 1. The molecule has 0 spiro atoms. The molecule has 0 saturated heterocycles. The van der Waals surface area contributed by atoms with Crippen LogP contribution in [0.1, 0.15) is 25.0 Å². The second kappa shape index (κ2) is 13.4. The average Bonchev–Trinajstić information content (AvgIpc) is 2.95. The summed E-state index contributed by atoms with van der Waals surface area (Å²) in [4.78, 5) is 29.1. The van der Waals surface area contributed by atoms with Crippen LogP contribution in [0.2, 0.25) is 0 Å². The number of hydrogen-bond acceptors (Lipinski definition) is 4. The number of likely N-dealkylation sites (N-methyl/N-ethyl adjacent to an activating group) is 1. The first-order valence-electron chi connectivity index (χ1n) is 13.4. The van der Waals surface area contributed by atoms with Gasteiger partial charge in [-0.1, -0.05) is 88.7 Å². The minimum absolute atomic E-state index is 0.101. The fourth-order valence-corrected chi connectivity index (χ4v) is 6.02. The van der Waals surface area contributed by atoms with E-state index in [-0.39, 0.29) is 29.8 Å². The Hall–Kier alpha value is -3.53. The van der Waals surface area contributed by atoms with Crippen LogP contribution in [-0.2, 0) is 32.6 Å². The van der Waals surface area contributed by atoms with Gasteiger partial charge in [0.05, 0.1) is 11.4 Å². The number of carbonyl (C=O) groups is 2. The van der Waals surface area contributed by atoms with Gasteiger partial charge in [-0.05, 0) is 60.0 Å². The highest BCUT2D eigenvalue weighted by atomic mass is 79.9. The third-order valence-electron chi connectivity index (χ3n) is 6.76. The van der Waals surface area contributed by atoms with E-state index < -0.39 is 28.5 Å². The van der Waals surface area contributed by atoms with E-state index in [4.69, 9.17) is 0 Å². The van der Waals surface area contributed by atoms with Crippen molar-refractivity contribution in [3.05, 3.63) is 113 Å². The van der Waals surface area contributed by atoms with Gasteiger partial charge in [-0.2, -0.15) is 4.31 Å². The molecule has 4 aromatic carbocycles.